The van der Waals surface area contributed by atoms with Crippen LogP contribution in [0, 0.1) is 41.5 Å². The molecule has 0 spiro atoms. The van der Waals surface area contributed by atoms with Gasteiger partial charge in [0.1, 0.15) is 0 Å². The zero-order chi connectivity index (χ0) is 58.3. The second-order valence-corrected chi connectivity index (χ2v) is 26.1. The van der Waals surface area contributed by atoms with Crippen LogP contribution >= 0.6 is 22.7 Å². The Hall–Kier alpha value is -9.92. The Balaban J connectivity index is 0.969. The Bertz CT molecular complexity index is 4870. The molecule has 87 heavy (non-hydrogen) atoms. The maximum absolute atomic E-state index is 2.65. The van der Waals surface area contributed by atoms with Crippen LogP contribution in [-0.4, -0.2) is 6.71 Å². The molecule has 4 heterocycles. The van der Waals surface area contributed by atoms with E-state index in [-0.39, 0.29) is 6.71 Å². The highest BCUT2D eigenvalue weighted by molar-refractivity contribution is 7.27. The minimum absolute atomic E-state index is 0.0899. The molecule has 4 nitrogen and oxygen atoms in total. The molecule has 7 heteroatoms. The Kier molecular flexibility index (Phi) is 11.7. The van der Waals surface area contributed by atoms with Crippen LogP contribution in [0.15, 0.2) is 249 Å². The zero-order valence-electron chi connectivity index (χ0n) is 49.4. The van der Waals surface area contributed by atoms with Crippen molar-refractivity contribution in [2.75, 3.05) is 19.6 Å². The van der Waals surface area contributed by atoms with E-state index in [9.17, 15) is 0 Å². The first-order chi connectivity index (χ1) is 42.6. The first kappa shape index (κ1) is 51.5. The number of thiophene rings is 2. The summed E-state index contributed by atoms with van der Waals surface area (Å²) in [6.07, 6.45) is 0. The average molecular weight is 1150 g/mol. The van der Waals surface area contributed by atoms with Gasteiger partial charge in [0, 0.05) is 96.6 Å². The lowest BCUT2D eigenvalue weighted by molar-refractivity contribution is 1.19. The summed E-state index contributed by atoms with van der Waals surface area (Å²) in [5, 5.41) is 10.1. The topological polar surface area (TPSA) is 13.0 Å². The third-order valence-corrected chi connectivity index (χ3v) is 20.6. The maximum atomic E-state index is 2.65. The van der Waals surface area contributed by atoms with Crippen molar-refractivity contribution in [3.63, 3.8) is 0 Å². The Morgan fingerprint density at radius 3 is 0.989 bits per heavy atom. The largest absolute Gasteiger partial charge is 0.311 e. The van der Waals surface area contributed by atoms with E-state index in [1.54, 1.807) is 0 Å². The Morgan fingerprint density at radius 1 is 0.299 bits per heavy atom. The van der Waals surface area contributed by atoms with Gasteiger partial charge in [-0.25, -0.2) is 0 Å². The number of benzene rings is 13. The molecule has 0 bridgehead atoms. The quantitative estimate of drug-likeness (QED) is 0.141. The molecule has 0 atom stereocenters. The molecule has 414 valence electrons. The molecule has 0 N–H and O–H groups in total. The highest BCUT2D eigenvalue weighted by Gasteiger charge is 2.45. The van der Waals surface area contributed by atoms with Gasteiger partial charge in [0.25, 0.3) is 6.71 Å². The van der Waals surface area contributed by atoms with Gasteiger partial charge in [-0.15, -0.1) is 22.7 Å². The standard InChI is InChI=1S/C80H59BN4S2/c1-48-38-50(3)79(51(4)39-48)84-66-36-23-37-67-78(66)81(64-44-72-62(42-70(64)84)76-60-34-21-19-32-58(60)68(46-74(76)86-72)82(54-24-11-7-12-25-54)55-26-13-8-14-27-55)65-45-73-63(43-71(65)85(67)80-52(5)40-49(2)41-53(80)6)77-61-35-22-20-33-59(61)69(47-75(77)87-73)83(56-28-15-9-16-29-56)57-30-17-10-18-31-57/h7-47H,1-6H3. The zero-order valence-corrected chi connectivity index (χ0v) is 51.0. The fraction of sp³-hybridized carbons (Fsp3) is 0.0750. The van der Waals surface area contributed by atoms with Gasteiger partial charge in [0.15, 0.2) is 0 Å². The fourth-order valence-corrected chi connectivity index (χ4v) is 17.6. The second kappa shape index (κ2) is 19.8. The van der Waals surface area contributed by atoms with Crippen molar-refractivity contribution in [3.8, 4) is 0 Å². The van der Waals surface area contributed by atoms with E-state index in [4.69, 9.17) is 0 Å². The summed E-state index contributed by atoms with van der Waals surface area (Å²) in [6, 6.07) is 93.4. The van der Waals surface area contributed by atoms with Crippen LogP contribution in [0.5, 0.6) is 0 Å². The average Bonchev–Trinajstić information content (AvgIpc) is 1.64. The maximum Gasteiger partial charge on any atom is 0.252 e. The molecule has 0 saturated heterocycles. The summed E-state index contributed by atoms with van der Waals surface area (Å²) in [7, 11) is 0. The molecule has 15 aromatic rings. The van der Waals surface area contributed by atoms with Gasteiger partial charge in [-0.1, -0.05) is 163 Å². The van der Waals surface area contributed by atoms with Crippen molar-refractivity contribution in [2.45, 2.75) is 41.5 Å². The molecule has 2 aliphatic heterocycles. The number of hydrogen-bond acceptors (Lipinski definition) is 6. The Labute approximate surface area is 515 Å². The number of anilines is 12. The molecular formula is C80H59BN4S2. The van der Waals surface area contributed by atoms with E-state index < -0.39 is 0 Å². The molecular weight excluding hydrogens is 1090 g/mol. The summed E-state index contributed by atoms with van der Waals surface area (Å²) in [5.74, 6) is 0. The van der Waals surface area contributed by atoms with Crippen LogP contribution in [-0.2, 0) is 0 Å². The number of aryl methyl sites for hydroxylation is 6. The number of fused-ring (bicyclic) bond motifs is 14. The van der Waals surface area contributed by atoms with Gasteiger partial charge in [-0.2, -0.15) is 0 Å². The molecule has 0 saturated carbocycles. The third-order valence-electron chi connectivity index (χ3n) is 18.4. The summed E-state index contributed by atoms with van der Waals surface area (Å²) >= 11 is 3.85. The van der Waals surface area contributed by atoms with Gasteiger partial charge >= 0.3 is 0 Å². The van der Waals surface area contributed by atoms with Crippen molar-refractivity contribution in [1.82, 2.24) is 0 Å². The first-order valence-corrected chi connectivity index (χ1v) is 31.8. The minimum atomic E-state index is -0.0899. The van der Waals surface area contributed by atoms with E-state index in [0.29, 0.717) is 0 Å². The van der Waals surface area contributed by atoms with Gasteiger partial charge in [0.05, 0.1) is 22.7 Å². The number of rotatable bonds is 8. The summed E-state index contributed by atoms with van der Waals surface area (Å²) in [4.78, 5) is 10.2. The van der Waals surface area contributed by atoms with Gasteiger partial charge in [-0.3, -0.25) is 0 Å². The van der Waals surface area contributed by atoms with Crippen molar-refractivity contribution in [1.29, 1.82) is 0 Å². The Morgan fingerprint density at radius 2 is 0.632 bits per heavy atom. The molecule has 2 aliphatic rings. The minimum Gasteiger partial charge on any atom is -0.311 e. The van der Waals surface area contributed by atoms with E-state index in [0.717, 1.165) is 22.7 Å². The van der Waals surface area contributed by atoms with Crippen LogP contribution in [0.3, 0.4) is 0 Å². The van der Waals surface area contributed by atoms with Crippen LogP contribution in [0.2, 0.25) is 0 Å². The first-order valence-electron chi connectivity index (χ1n) is 30.2. The lowest BCUT2D eigenvalue weighted by Crippen LogP contribution is -2.61. The highest BCUT2D eigenvalue weighted by atomic mass is 32.1. The van der Waals surface area contributed by atoms with E-state index in [1.807, 2.05) is 22.7 Å². The molecule has 13 aromatic carbocycles. The van der Waals surface area contributed by atoms with Gasteiger partial charge < -0.3 is 19.6 Å². The van der Waals surface area contributed by atoms with E-state index >= 15 is 0 Å². The van der Waals surface area contributed by atoms with Crippen molar-refractivity contribution in [2.24, 2.45) is 0 Å². The number of nitrogens with zero attached hydrogens (tertiary/aromatic N) is 4. The number of hydrogen-bond donors (Lipinski definition) is 0. The summed E-state index contributed by atoms with van der Waals surface area (Å²) in [6.45, 7) is 13.6. The summed E-state index contributed by atoms with van der Waals surface area (Å²) < 4.78 is 5.10. The number of para-hydroxylation sites is 4. The van der Waals surface area contributed by atoms with Crippen LogP contribution in [0.25, 0.3) is 61.9 Å². The molecule has 17 rings (SSSR count). The molecule has 0 radical (unpaired) electrons. The van der Waals surface area contributed by atoms with Crippen LogP contribution < -0.4 is 36.0 Å². The van der Waals surface area contributed by atoms with E-state index in [1.165, 1.54) is 157 Å². The highest BCUT2D eigenvalue weighted by Crippen LogP contribution is 2.53. The molecule has 2 aromatic heterocycles. The second-order valence-electron chi connectivity index (χ2n) is 24.0. The van der Waals surface area contributed by atoms with Crippen molar-refractivity contribution >= 4 is 176 Å². The van der Waals surface area contributed by atoms with Crippen molar-refractivity contribution < 1.29 is 0 Å². The van der Waals surface area contributed by atoms with Crippen LogP contribution in [0.1, 0.15) is 33.4 Å². The van der Waals surface area contributed by atoms with Gasteiger partial charge in [0.2, 0.25) is 0 Å². The third kappa shape index (κ3) is 7.89. The summed E-state index contributed by atoms with van der Waals surface area (Å²) in [5.41, 5.74) is 25.8. The van der Waals surface area contributed by atoms with Crippen LogP contribution in [0.4, 0.5) is 68.2 Å². The van der Waals surface area contributed by atoms with Crippen molar-refractivity contribution in [3.05, 3.63) is 282 Å². The normalized spacial score (nSPS) is 12.6. The predicted octanol–water partition coefficient (Wildman–Crippen LogP) is 21.6. The fourth-order valence-electron chi connectivity index (χ4n) is 15.2. The lowest BCUT2D eigenvalue weighted by Gasteiger charge is -2.45. The molecule has 0 aliphatic carbocycles. The smallest absolute Gasteiger partial charge is 0.252 e. The molecule has 0 amide bonds. The molecule has 0 fully saturated rings. The molecule has 0 unspecified atom stereocenters. The SMILES string of the molecule is Cc1cc(C)c(N2c3cc4c(cc3B3c5cc6sc7cc(N(c8ccccc8)c8ccccc8)c8ccccc8c7c6cc5N(c5c(C)cc(C)cc5C)c5cccc2c53)sc2cc(N(c3ccccc3)c3ccccc3)c3ccccc3c24)c(C)c1. The predicted molar refractivity (Wildman–Crippen MR) is 379 cm³/mol. The lowest BCUT2D eigenvalue weighted by atomic mass is 9.33. The monoisotopic (exact) mass is 1150 g/mol. The van der Waals surface area contributed by atoms with E-state index in [2.05, 4.69) is 310 Å². The van der Waals surface area contributed by atoms with Gasteiger partial charge in [-0.05, 0) is 188 Å².